The maximum Gasteiger partial charge on any atom is 0.294 e. The molecule has 0 unspecified atom stereocenters. The van der Waals surface area contributed by atoms with Crippen LogP contribution in [0.15, 0.2) is 114 Å². The number of hydrogen-bond donors (Lipinski definition) is 1. The van der Waals surface area contributed by atoms with Gasteiger partial charge in [0.05, 0.1) is 44.5 Å². The third-order valence-corrected chi connectivity index (χ3v) is 10.4. The van der Waals surface area contributed by atoms with Crippen LogP contribution < -0.4 is 34.9 Å². The Kier molecular flexibility index (Phi) is 9.02. The summed E-state index contributed by atoms with van der Waals surface area (Å²) in [6.45, 7) is 0. The van der Waals surface area contributed by atoms with Crippen LogP contribution in [0.5, 0.6) is 23.0 Å². The van der Waals surface area contributed by atoms with Crippen molar-refractivity contribution in [3.8, 4) is 45.3 Å². The fraction of sp³-hybridized carbons (Fsp3) is 0.118. The third-order valence-electron chi connectivity index (χ3n) is 7.08. The van der Waals surface area contributed by atoms with Gasteiger partial charge in [-0.1, -0.05) is 72.8 Å². The van der Waals surface area contributed by atoms with E-state index in [-0.39, 0.29) is 4.90 Å². The highest BCUT2D eigenvalue weighted by molar-refractivity contribution is 7.85. The molecular weight excluding hydrogens is 583 g/mol. The van der Waals surface area contributed by atoms with Gasteiger partial charge in [0.15, 0.2) is 0 Å². The fourth-order valence-electron chi connectivity index (χ4n) is 5.04. The topological polar surface area (TPSA) is 91.3 Å². The zero-order chi connectivity index (χ0) is 30.6. The molecule has 0 aliphatic rings. The van der Waals surface area contributed by atoms with Crippen LogP contribution in [-0.4, -0.2) is 41.4 Å². The molecule has 0 saturated heterocycles. The molecule has 43 heavy (non-hydrogen) atoms. The van der Waals surface area contributed by atoms with E-state index in [4.69, 9.17) is 18.9 Å². The van der Waals surface area contributed by atoms with E-state index >= 15 is 0 Å². The Hall–Kier alpha value is -4.36. The van der Waals surface area contributed by atoms with Gasteiger partial charge in [0.1, 0.15) is 23.0 Å². The first kappa shape index (κ1) is 30.1. The number of hydrogen-bond acceptors (Lipinski definition) is 6. The summed E-state index contributed by atoms with van der Waals surface area (Å²) in [5.74, 6) is 2.82. The van der Waals surface area contributed by atoms with Crippen molar-refractivity contribution in [2.45, 2.75) is 4.90 Å². The minimum atomic E-state index is -4.31. The van der Waals surface area contributed by atoms with Crippen LogP contribution in [0.4, 0.5) is 0 Å². The summed E-state index contributed by atoms with van der Waals surface area (Å²) in [7, 11) is 1.11. The van der Waals surface area contributed by atoms with Gasteiger partial charge in [-0.3, -0.25) is 4.55 Å². The summed E-state index contributed by atoms with van der Waals surface area (Å²) in [5, 5.41) is 3.03. The monoisotopic (exact) mass is 614 g/mol. The summed E-state index contributed by atoms with van der Waals surface area (Å²) in [5.41, 5.74) is 3.59. The molecule has 0 bridgehead atoms. The van der Waals surface area contributed by atoms with Crippen molar-refractivity contribution in [1.82, 2.24) is 0 Å². The molecule has 7 nitrogen and oxygen atoms in total. The Morgan fingerprint density at radius 3 is 1.07 bits per heavy atom. The maximum absolute atomic E-state index is 11.7. The summed E-state index contributed by atoms with van der Waals surface area (Å²) in [6.07, 6.45) is 0. The number of rotatable bonds is 10. The predicted molar refractivity (Wildman–Crippen MR) is 172 cm³/mol. The van der Waals surface area contributed by atoms with Gasteiger partial charge >= 0.3 is 0 Å². The van der Waals surface area contributed by atoms with E-state index in [0.717, 1.165) is 38.2 Å². The van der Waals surface area contributed by atoms with Crippen molar-refractivity contribution < 1.29 is 31.9 Å². The second kappa shape index (κ2) is 12.9. The van der Waals surface area contributed by atoms with E-state index in [2.05, 4.69) is 24.3 Å². The molecule has 0 aromatic heterocycles. The van der Waals surface area contributed by atoms with Gasteiger partial charge in [-0.05, 0) is 71.4 Å². The summed E-state index contributed by atoms with van der Waals surface area (Å²) >= 11 is 0. The normalized spacial score (nSPS) is 11.3. The number of benzene rings is 5. The molecule has 0 aliphatic carbocycles. The number of methoxy groups -OCH3 is 4. The zero-order valence-electron chi connectivity index (χ0n) is 24.1. The molecule has 1 N–H and O–H groups in total. The highest BCUT2D eigenvalue weighted by atomic mass is 32.2. The summed E-state index contributed by atoms with van der Waals surface area (Å²) in [6, 6.07) is 34.1. The molecule has 5 aromatic rings. The van der Waals surface area contributed by atoms with Gasteiger partial charge in [-0.25, -0.2) is 0 Å². The molecule has 0 saturated carbocycles. The summed E-state index contributed by atoms with van der Waals surface area (Å²) < 4.78 is 55.5. The quantitative estimate of drug-likeness (QED) is 0.151. The Bertz CT molecular complexity index is 1680. The first-order valence-corrected chi connectivity index (χ1v) is 16.1. The second-order valence-corrected chi connectivity index (χ2v) is 13.1. The molecule has 0 spiro atoms. The van der Waals surface area contributed by atoms with Crippen molar-refractivity contribution in [2.24, 2.45) is 0 Å². The van der Waals surface area contributed by atoms with Crippen LogP contribution in [0.3, 0.4) is 0 Å². The lowest BCUT2D eigenvalue weighted by Gasteiger charge is -2.21. The highest BCUT2D eigenvalue weighted by Gasteiger charge is 2.21. The Morgan fingerprint density at radius 2 is 0.791 bits per heavy atom. The largest absolute Gasteiger partial charge is 0.496 e. The van der Waals surface area contributed by atoms with Crippen molar-refractivity contribution in [1.29, 1.82) is 0 Å². The molecule has 9 heteroatoms. The third kappa shape index (κ3) is 6.22. The summed E-state index contributed by atoms with van der Waals surface area (Å²) in [4.78, 5) is -0.150. The molecule has 0 fully saturated rings. The minimum Gasteiger partial charge on any atom is -0.496 e. The molecule has 5 aromatic carbocycles. The van der Waals surface area contributed by atoms with E-state index in [0.29, 0.717) is 23.0 Å². The maximum atomic E-state index is 11.7. The molecule has 5 rings (SSSR count). The van der Waals surface area contributed by atoms with Gasteiger partial charge in [0.2, 0.25) is 0 Å². The smallest absolute Gasteiger partial charge is 0.294 e. The second-order valence-electron chi connectivity index (χ2n) is 9.47. The predicted octanol–water partition coefficient (Wildman–Crippen LogP) is 6.06. The van der Waals surface area contributed by atoms with Gasteiger partial charge in [0, 0.05) is 0 Å². The number of ether oxygens (including phenoxy) is 4. The first-order chi connectivity index (χ1) is 20.8. The Balaban J connectivity index is 1.60. The van der Waals surface area contributed by atoms with Gasteiger partial charge < -0.3 is 18.9 Å². The van der Waals surface area contributed by atoms with E-state index in [9.17, 15) is 13.0 Å². The van der Waals surface area contributed by atoms with Crippen molar-refractivity contribution in [3.63, 3.8) is 0 Å². The van der Waals surface area contributed by atoms with E-state index < -0.39 is 18.0 Å². The Morgan fingerprint density at radius 1 is 0.488 bits per heavy atom. The molecule has 0 heterocycles. The van der Waals surface area contributed by atoms with E-state index in [1.54, 1.807) is 40.6 Å². The lowest BCUT2D eigenvalue weighted by molar-refractivity contribution is 0.397. The van der Waals surface area contributed by atoms with Crippen LogP contribution in [0.1, 0.15) is 0 Å². The van der Waals surface area contributed by atoms with Gasteiger partial charge in [-0.2, -0.15) is 8.42 Å². The van der Waals surface area contributed by atoms with Crippen LogP contribution in [0.2, 0.25) is 0 Å². The van der Waals surface area contributed by atoms with Gasteiger partial charge in [0.25, 0.3) is 10.1 Å². The van der Waals surface area contributed by atoms with Crippen molar-refractivity contribution in [3.05, 3.63) is 109 Å². The van der Waals surface area contributed by atoms with E-state index in [1.807, 2.05) is 60.7 Å². The lowest BCUT2D eigenvalue weighted by atomic mass is 10.0. The van der Waals surface area contributed by atoms with Crippen LogP contribution in [0.25, 0.3) is 22.3 Å². The van der Waals surface area contributed by atoms with Crippen LogP contribution in [0, 0.1) is 0 Å². The molecule has 0 atom stereocenters. The average molecular weight is 615 g/mol. The molecule has 0 amide bonds. The lowest BCUT2D eigenvalue weighted by Crippen LogP contribution is -2.21. The van der Waals surface area contributed by atoms with Crippen molar-refractivity contribution in [2.75, 3.05) is 28.4 Å². The minimum absolute atomic E-state index is 0.150. The van der Waals surface area contributed by atoms with Crippen molar-refractivity contribution >= 4 is 34.0 Å². The van der Waals surface area contributed by atoms with Crippen LogP contribution in [-0.2, 0) is 10.1 Å². The highest BCUT2D eigenvalue weighted by Crippen LogP contribution is 2.41. The van der Waals surface area contributed by atoms with Crippen LogP contribution >= 0.6 is 7.92 Å². The fourth-order valence-corrected chi connectivity index (χ4v) is 7.76. The SMILES string of the molecule is COc1cccc(OC)c1-c1ccc(P(c2ccc(-c3c(OC)cccc3OC)cc2)c2ccc(S(=O)(=O)O)cc2)cc1. The molecule has 0 aliphatic heterocycles. The standard InChI is InChI=1S/C34H31O7PS/c1-38-29-7-5-8-30(39-2)33(29)23-11-15-25(16-12-23)42(27-19-21-28(22-20-27)43(35,36)37)26-17-13-24(14-18-26)34-31(40-3)9-6-10-32(34)41-4/h5-22H,1-4H3,(H,35,36,37). The molecule has 220 valence electrons. The zero-order valence-corrected chi connectivity index (χ0v) is 25.9. The molecule has 0 radical (unpaired) electrons. The average Bonchev–Trinajstić information content (AvgIpc) is 3.04. The van der Waals surface area contributed by atoms with Gasteiger partial charge in [-0.15, -0.1) is 0 Å². The van der Waals surface area contributed by atoms with E-state index in [1.165, 1.54) is 12.1 Å². The molecular formula is C34H31O7PS. The Labute approximate surface area is 253 Å². The first-order valence-electron chi connectivity index (χ1n) is 13.3.